The Kier molecular flexibility index (Phi) is 5.80. The number of nitrogens with two attached hydrogens (primary N) is 1. The molecule has 2 amide bonds. The van der Waals surface area contributed by atoms with Gasteiger partial charge in [-0.3, -0.25) is 20.2 Å². The SMILES string of the molecule is NC(=O)NN=Cc1cc(Br)ccc1Oc1ccc([N+](=O)[O-])cc1[N+](=O)[O-]. The molecular formula is C14H10BrN5O6. The monoisotopic (exact) mass is 423 g/mol. The van der Waals surface area contributed by atoms with Crippen LogP contribution in [-0.2, 0) is 0 Å². The van der Waals surface area contributed by atoms with E-state index in [0.29, 0.717) is 10.0 Å². The van der Waals surface area contributed by atoms with E-state index in [9.17, 15) is 25.0 Å². The standard InChI is InChI=1S/C14H10BrN5O6/c15-9-1-3-12(8(5-9)7-17-18-14(16)21)26-13-4-2-10(19(22)23)6-11(13)20(24)25/h1-7H,(H3,16,18,21). The second kappa shape index (κ2) is 8.02. The average molecular weight is 424 g/mol. The lowest BCUT2D eigenvalue weighted by Gasteiger charge is -2.09. The number of nitrogens with zero attached hydrogens (tertiary/aromatic N) is 3. The van der Waals surface area contributed by atoms with Crippen LogP contribution in [0, 0.1) is 20.2 Å². The van der Waals surface area contributed by atoms with E-state index in [4.69, 9.17) is 10.5 Å². The van der Waals surface area contributed by atoms with Crippen molar-refractivity contribution in [2.24, 2.45) is 10.8 Å². The molecule has 0 fully saturated rings. The molecule has 12 heteroatoms. The van der Waals surface area contributed by atoms with Crippen molar-refractivity contribution >= 4 is 39.6 Å². The van der Waals surface area contributed by atoms with Crippen LogP contribution in [-0.4, -0.2) is 22.1 Å². The Labute approximate surface area is 153 Å². The topological polar surface area (TPSA) is 163 Å². The van der Waals surface area contributed by atoms with E-state index in [1.807, 2.05) is 5.43 Å². The largest absolute Gasteiger partial charge is 0.449 e. The van der Waals surface area contributed by atoms with Gasteiger partial charge in [0.25, 0.3) is 5.69 Å². The molecule has 0 radical (unpaired) electrons. The van der Waals surface area contributed by atoms with Gasteiger partial charge < -0.3 is 10.5 Å². The predicted octanol–water partition coefficient (Wildman–Crippen LogP) is 3.06. The zero-order valence-corrected chi connectivity index (χ0v) is 14.4. The molecule has 2 rings (SSSR count). The highest BCUT2D eigenvalue weighted by Gasteiger charge is 2.21. The van der Waals surface area contributed by atoms with E-state index >= 15 is 0 Å². The molecule has 3 N–H and O–H groups in total. The molecular weight excluding hydrogens is 414 g/mol. The van der Waals surface area contributed by atoms with Crippen LogP contribution in [0.15, 0.2) is 46.0 Å². The van der Waals surface area contributed by atoms with Crippen molar-refractivity contribution in [1.82, 2.24) is 5.43 Å². The number of non-ortho nitro benzene ring substituents is 1. The molecule has 0 unspecified atom stereocenters. The number of carbonyl (C=O) groups excluding carboxylic acids is 1. The van der Waals surface area contributed by atoms with E-state index in [1.54, 1.807) is 12.1 Å². The van der Waals surface area contributed by atoms with Gasteiger partial charge in [-0.05, 0) is 24.3 Å². The number of nitrogens with one attached hydrogen (secondary N) is 1. The minimum Gasteiger partial charge on any atom is -0.449 e. The summed E-state index contributed by atoms with van der Waals surface area (Å²) in [6.07, 6.45) is 1.22. The molecule has 26 heavy (non-hydrogen) atoms. The molecule has 0 aliphatic heterocycles. The van der Waals surface area contributed by atoms with Crippen molar-refractivity contribution in [3.8, 4) is 11.5 Å². The van der Waals surface area contributed by atoms with Crippen LogP contribution in [0.2, 0.25) is 0 Å². The number of halogens is 1. The summed E-state index contributed by atoms with van der Waals surface area (Å²) in [7, 11) is 0. The number of urea groups is 1. The highest BCUT2D eigenvalue weighted by atomic mass is 79.9. The maximum absolute atomic E-state index is 11.2. The first-order valence-electron chi connectivity index (χ1n) is 6.76. The highest BCUT2D eigenvalue weighted by Crippen LogP contribution is 2.35. The molecule has 0 bridgehead atoms. The van der Waals surface area contributed by atoms with Crippen molar-refractivity contribution in [3.63, 3.8) is 0 Å². The molecule has 2 aromatic rings. The first-order chi connectivity index (χ1) is 12.3. The maximum atomic E-state index is 11.2. The Hall–Kier alpha value is -3.54. The van der Waals surface area contributed by atoms with Crippen LogP contribution in [0.5, 0.6) is 11.5 Å². The lowest BCUT2D eigenvalue weighted by atomic mass is 10.2. The Morgan fingerprint density at radius 1 is 1.15 bits per heavy atom. The van der Waals surface area contributed by atoms with Gasteiger partial charge in [-0.1, -0.05) is 15.9 Å². The summed E-state index contributed by atoms with van der Waals surface area (Å²) in [5, 5.41) is 25.6. The average Bonchev–Trinajstić information content (AvgIpc) is 2.56. The summed E-state index contributed by atoms with van der Waals surface area (Å²) in [6, 6.07) is 6.84. The Morgan fingerprint density at radius 2 is 1.85 bits per heavy atom. The van der Waals surface area contributed by atoms with Gasteiger partial charge in [-0.25, -0.2) is 10.2 Å². The van der Waals surface area contributed by atoms with Crippen LogP contribution >= 0.6 is 15.9 Å². The molecule has 0 saturated carbocycles. The van der Waals surface area contributed by atoms with E-state index in [-0.39, 0.29) is 11.5 Å². The number of amides is 2. The van der Waals surface area contributed by atoms with Crippen LogP contribution in [0.3, 0.4) is 0 Å². The quantitative estimate of drug-likeness (QED) is 0.411. The van der Waals surface area contributed by atoms with Gasteiger partial charge in [0, 0.05) is 16.1 Å². The number of nitro benzene ring substituents is 2. The van der Waals surface area contributed by atoms with Gasteiger partial charge in [-0.2, -0.15) is 5.10 Å². The number of hydrogen-bond acceptors (Lipinski definition) is 7. The van der Waals surface area contributed by atoms with Crippen molar-refractivity contribution in [2.75, 3.05) is 0 Å². The van der Waals surface area contributed by atoms with E-state index in [1.165, 1.54) is 12.3 Å². The number of hydrogen-bond donors (Lipinski definition) is 2. The van der Waals surface area contributed by atoms with Crippen molar-refractivity contribution in [2.45, 2.75) is 0 Å². The third kappa shape index (κ3) is 4.73. The fourth-order valence-corrected chi connectivity index (χ4v) is 2.22. The minimum absolute atomic E-state index is 0.167. The lowest BCUT2D eigenvalue weighted by molar-refractivity contribution is -0.394. The number of benzene rings is 2. The smallest absolute Gasteiger partial charge is 0.332 e. The fraction of sp³-hybridized carbons (Fsp3) is 0. The number of ether oxygens (including phenoxy) is 1. The number of hydrazone groups is 1. The molecule has 0 aliphatic carbocycles. The highest BCUT2D eigenvalue weighted by molar-refractivity contribution is 9.10. The third-order valence-corrected chi connectivity index (χ3v) is 3.41. The normalized spacial score (nSPS) is 10.5. The van der Waals surface area contributed by atoms with Gasteiger partial charge in [0.1, 0.15) is 5.75 Å². The summed E-state index contributed by atoms with van der Waals surface area (Å²) in [5.74, 6) is -0.0272. The third-order valence-electron chi connectivity index (χ3n) is 2.92. The summed E-state index contributed by atoms with van der Waals surface area (Å²) >= 11 is 3.25. The maximum Gasteiger partial charge on any atom is 0.332 e. The van der Waals surface area contributed by atoms with Gasteiger partial charge in [0.15, 0.2) is 0 Å². The molecule has 0 aromatic heterocycles. The van der Waals surface area contributed by atoms with Crippen LogP contribution < -0.4 is 15.9 Å². The minimum atomic E-state index is -0.871. The lowest BCUT2D eigenvalue weighted by Crippen LogP contribution is -2.24. The molecule has 0 atom stereocenters. The molecule has 134 valence electrons. The second-order valence-corrected chi connectivity index (χ2v) is 5.60. The number of nitro groups is 2. The molecule has 0 saturated heterocycles. The first-order valence-corrected chi connectivity index (χ1v) is 7.56. The predicted molar refractivity (Wildman–Crippen MR) is 94.3 cm³/mol. The van der Waals surface area contributed by atoms with E-state index in [2.05, 4.69) is 21.0 Å². The van der Waals surface area contributed by atoms with Crippen molar-refractivity contribution in [1.29, 1.82) is 0 Å². The Morgan fingerprint density at radius 3 is 2.46 bits per heavy atom. The number of rotatable bonds is 6. The first kappa shape index (κ1) is 18.8. The summed E-state index contributed by atoms with van der Waals surface area (Å²) in [5.41, 5.74) is 6.27. The molecule has 11 nitrogen and oxygen atoms in total. The summed E-state index contributed by atoms with van der Waals surface area (Å²) in [4.78, 5) is 31.1. The molecule has 0 aliphatic rings. The van der Waals surface area contributed by atoms with Crippen molar-refractivity contribution in [3.05, 3.63) is 66.7 Å². The zero-order valence-electron chi connectivity index (χ0n) is 12.8. The Bertz CT molecular complexity index is 917. The van der Waals surface area contributed by atoms with E-state index < -0.39 is 27.3 Å². The van der Waals surface area contributed by atoms with Crippen LogP contribution in [0.1, 0.15) is 5.56 Å². The molecule has 0 heterocycles. The molecule has 2 aromatic carbocycles. The number of carbonyl (C=O) groups is 1. The Balaban J connectivity index is 2.42. The fourth-order valence-electron chi connectivity index (χ4n) is 1.85. The van der Waals surface area contributed by atoms with Gasteiger partial charge in [0.05, 0.1) is 22.1 Å². The number of primary amides is 1. The van der Waals surface area contributed by atoms with Gasteiger partial charge in [0.2, 0.25) is 5.75 Å². The van der Waals surface area contributed by atoms with Crippen LogP contribution in [0.25, 0.3) is 0 Å². The van der Waals surface area contributed by atoms with Gasteiger partial charge in [-0.15, -0.1) is 0 Å². The van der Waals surface area contributed by atoms with Crippen molar-refractivity contribution < 1.29 is 19.4 Å². The zero-order chi connectivity index (χ0) is 19.3. The molecule has 0 spiro atoms. The second-order valence-electron chi connectivity index (χ2n) is 4.68. The summed E-state index contributed by atoms with van der Waals surface area (Å²) in [6.45, 7) is 0. The summed E-state index contributed by atoms with van der Waals surface area (Å²) < 4.78 is 6.18. The van der Waals surface area contributed by atoms with Crippen LogP contribution in [0.4, 0.5) is 16.2 Å². The van der Waals surface area contributed by atoms with E-state index in [0.717, 1.165) is 18.2 Å². The van der Waals surface area contributed by atoms with Gasteiger partial charge >= 0.3 is 11.7 Å².